The molecule has 0 aliphatic carbocycles. The Morgan fingerprint density at radius 2 is 1.85 bits per heavy atom. The van der Waals surface area contributed by atoms with Crippen LogP contribution in [0.4, 0.5) is 4.39 Å². The normalized spacial score (nSPS) is 18.8. The highest BCUT2D eigenvalue weighted by molar-refractivity contribution is 5.77. The van der Waals surface area contributed by atoms with Crippen molar-refractivity contribution < 1.29 is 13.9 Å². The number of nitrogens with zero attached hydrogens (tertiary/aromatic N) is 2. The number of carbonyl (C=O) groups is 1. The van der Waals surface area contributed by atoms with Gasteiger partial charge in [-0.15, -0.1) is 0 Å². The van der Waals surface area contributed by atoms with Crippen molar-refractivity contribution in [2.45, 2.75) is 13.0 Å². The van der Waals surface area contributed by atoms with Crippen LogP contribution in [0.3, 0.4) is 0 Å². The van der Waals surface area contributed by atoms with Crippen molar-refractivity contribution in [1.82, 2.24) is 9.80 Å². The number of halogens is 1. The highest BCUT2D eigenvalue weighted by Crippen LogP contribution is 2.24. The Kier molecular flexibility index (Phi) is 5.09. The van der Waals surface area contributed by atoms with E-state index < -0.39 is 6.04 Å². The third kappa shape index (κ3) is 3.55. The molecule has 0 aromatic heterocycles. The summed E-state index contributed by atoms with van der Waals surface area (Å²) in [5.74, 6) is -0.557. The maximum atomic E-state index is 13.1. The second-order valence-electron chi connectivity index (χ2n) is 5.05. The fourth-order valence-corrected chi connectivity index (χ4v) is 2.44. The highest BCUT2D eigenvalue weighted by atomic mass is 19.1. The molecule has 0 spiro atoms. The van der Waals surface area contributed by atoms with Crippen LogP contribution in [0.2, 0.25) is 0 Å². The van der Waals surface area contributed by atoms with E-state index in [9.17, 15) is 9.18 Å². The Morgan fingerprint density at radius 3 is 2.40 bits per heavy atom. The number of carbonyl (C=O) groups excluding carboxylic acids is 1. The SMILES string of the molecule is CCOC(=O)C(c1ccc(F)cc1)N1CCN(C)CC1. The van der Waals surface area contributed by atoms with E-state index in [4.69, 9.17) is 4.74 Å². The van der Waals surface area contributed by atoms with Gasteiger partial charge in [-0.3, -0.25) is 4.90 Å². The van der Waals surface area contributed by atoms with Crippen molar-refractivity contribution in [2.75, 3.05) is 39.8 Å². The van der Waals surface area contributed by atoms with Crippen LogP contribution in [0.5, 0.6) is 0 Å². The van der Waals surface area contributed by atoms with Crippen LogP contribution in [-0.4, -0.2) is 55.6 Å². The van der Waals surface area contributed by atoms with E-state index in [-0.39, 0.29) is 11.8 Å². The first-order valence-corrected chi connectivity index (χ1v) is 6.96. The molecule has 110 valence electrons. The fourth-order valence-electron chi connectivity index (χ4n) is 2.44. The maximum absolute atomic E-state index is 13.1. The van der Waals surface area contributed by atoms with Crippen molar-refractivity contribution >= 4 is 5.97 Å². The minimum Gasteiger partial charge on any atom is -0.465 e. The number of ether oxygens (including phenoxy) is 1. The van der Waals surface area contributed by atoms with Gasteiger partial charge in [0.1, 0.15) is 11.9 Å². The molecule has 1 fully saturated rings. The van der Waals surface area contributed by atoms with E-state index in [1.807, 2.05) is 0 Å². The topological polar surface area (TPSA) is 32.8 Å². The second-order valence-corrected chi connectivity index (χ2v) is 5.05. The van der Waals surface area contributed by atoms with E-state index >= 15 is 0 Å². The van der Waals surface area contributed by atoms with Crippen LogP contribution in [0.15, 0.2) is 24.3 Å². The first-order valence-electron chi connectivity index (χ1n) is 6.96. The molecule has 5 heteroatoms. The van der Waals surface area contributed by atoms with Crippen molar-refractivity contribution in [2.24, 2.45) is 0 Å². The van der Waals surface area contributed by atoms with E-state index in [0.29, 0.717) is 6.61 Å². The summed E-state index contributed by atoms with van der Waals surface area (Å²) in [7, 11) is 2.06. The molecule has 0 saturated carbocycles. The molecule has 1 aliphatic heterocycles. The molecule has 1 unspecified atom stereocenters. The van der Waals surface area contributed by atoms with Crippen molar-refractivity contribution in [3.63, 3.8) is 0 Å². The van der Waals surface area contributed by atoms with E-state index in [1.54, 1.807) is 19.1 Å². The molecule has 2 rings (SSSR count). The van der Waals surface area contributed by atoms with Gasteiger partial charge in [-0.1, -0.05) is 12.1 Å². The van der Waals surface area contributed by atoms with Crippen LogP contribution in [0.1, 0.15) is 18.5 Å². The van der Waals surface area contributed by atoms with Gasteiger partial charge in [-0.2, -0.15) is 0 Å². The molecule has 0 radical (unpaired) electrons. The standard InChI is InChI=1S/C15H21FN2O2/c1-3-20-15(19)14(12-4-6-13(16)7-5-12)18-10-8-17(2)9-11-18/h4-7,14H,3,8-11H2,1-2H3. The Labute approximate surface area is 119 Å². The summed E-state index contributed by atoms with van der Waals surface area (Å²) in [5, 5.41) is 0. The third-order valence-electron chi connectivity index (χ3n) is 3.60. The summed E-state index contributed by atoms with van der Waals surface area (Å²) in [4.78, 5) is 16.6. The van der Waals surface area contributed by atoms with Gasteiger partial charge in [-0.25, -0.2) is 9.18 Å². The monoisotopic (exact) mass is 280 g/mol. The van der Waals surface area contributed by atoms with Crippen LogP contribution in [-0.2, 0) is 9.53 Å². The molecular formula is C15H21FN2O2. The molecule has 1 atom stereocenters. The third-order valence-corrected chi connectivity index (χ3v) is 3.60. The van der Waals surface area contributed by atoms with E-state index in [2.05, 4.69) is 16.8 Å². The van der Waals surface area contributed by atoms with Gasteiger partial charge in [-0.05, 0) is 31.7 Å². The highest BCUT2D eigenvalue weighted by Gasteiger charge is 2.30. The lowest BCUT2D eigenvalue weighted by Gasteiger charge is -2.36. The number of likely N-dealkylation sites (N-methyl/N-ethyl adjacent to an activating group) is 1. The van der Waals surface area contributed by atoms with Gasteiger partial charge in [0.2, 0.25) is 0 Å². The molecule has 0 amide bonds. The number of hydrogen-bond donors (Lipinski definition) is 0. The van der Waals surface area contributed by atoms with Gasteiger partial charge in [0, 0.05) is 26.2 Å². The zero-order chi connectivity index (χ0) is 14.5. The van der Waals surface area contributed by atoms with Gasteiger partial charge >= 0.3 is 5.97 Å². The zero-order valence-electron chi connectivity index (χ0n) is 12.0. The molecule has 1 aliphatic rings. The Morgan fingerprint density at radius 1 is 1.25 bits per heavy atom. The number of hydrogen-bond acceptors (Lipinski definition) is 4. The Bertz CT molecular complexity index is 442. The molecule has 0 N–H and O–H groups in total. The summed E-state index contributed by atoms with van der Waals surface area (Å²) >= 11 is 0. The summed E-state index contributed by atoms with van der Waals surface area (Å²) in [6.45, 7) is 5.58. The molecule has 1 saturated heterocycles. The lowest BCUT2D eigenvalue weighted by Crippen LogP contribution is -2.48. The molecule has 0 bridgehead atoms. The molecule has 20 heavy (non-hydrogen) atoms. The average Bonchev–Trinajstić information content (AvgIpc) is 2.44. The molecule has 1 aromatic carbocycles. The number of rotatable bonds is 4. The summed E-state index contributed by atoms with van der Waals surface area (Å²) < 4.78 is 18.2. The average molecular weight is 280 g/mol. The van der Waals surface area contributed by atoms with Crippen LogP contribution in [0, 0.1) is 5.82 Å². The van der Waals surface area contributed by atoms with Gasteiger partial charge < -0.3 is 9.64 Å². The smallest absolute Gasteiger partial charge is 0.328 e. The summed E-state index contributed by atoms with van der Waals surface area (Å²) in [6, 6.07) is 5.66. The Hall–Kier alpha value is -1.46. The quantitative estimate of drug-likeness (QED) is 0.786. The van der Waals surface area contributed by atoms with E-state index in [0.717, 1.165) is 31.7 Å². The second kappa shape index (κ2) is 6.81. The lowest BCUT2D eigenvalue weighted by molar-refractivity contribution is -0.150. The first-order chi connectivity index (χ1) is 9.61. The van der Waals surface area contributed by atoms with Crippen molar-refractivity contribution in [3.8, 4) is 0 Å². The number of piperazine rings is 1. The summed E-state index contributed by atoms with van der Waals surface area (Å²) in [5.41, 5.74) is 0.786. The Balaban J connectivity index is 2.20. The maximum Gasteiger partial charge on any atom is 0.328 e. The van der Waals surface area contributed by atoms with Crippen LogP contribution in [0.25, 0.3) is 0 Å². The zero-order valence-corrected chi connectivity index (χ0v) is 12.0. The number of benzene rings is 1. The van der Waals surface area contributed by atoms with Crippen molar-refractivity contribution in [1.29, 1.82) is 0 Å². The molecule has 1 heterocycles. The predicted octanol–water partition coefficient (Wildman–Crippen LogP) is 1.68. The van der Waals surface area contributed by atoms with Gasteiger partial charge in [0.15, 0.2) is 0 Å². The molecule has 1 aromatic rings. The van der Waals surface area contributed by atoms with Crippen LogP contribution >= 0.6 is 0 Å². The summed E-state index contributed by atoms with van der Waals surface area (Å²) in [6.07, 6.45) is 0. The lowest BCUT2D eigenvalue weighted by atomic mass is 10.0. The minimum atomic E-state index is -0.441. The predicted molar refractivity (Wildman–Crippen MR) is 74.8 cm³/mol. The van der Waals surface area contributed by atoms with Gasteiger partial charge in [0.25, 0.3) is 0 Å². The minimum absolute atomic E-state index is 0.260. The number of esters is 1. The largest absolute Gasteiger partial charge is 0.465 e. The van der Waals surface area contributed by atoms with Crippen LogP contribution < -0.4 is 0 Å². The molecular weight excluding hydrogens is 259 g/mol. The molecule has 4 nitrogen and oxygen atoms in total. The fraction of sp³-hybridized carbons (Fsp3) is 0.533. The van der Waals surface area contributed by atoms with Crippen molar-refractivity contribution in [3.05, 3.63) is 35.6 Å². The van der Waals surface area contributed by atoms with E-state index in [1.165, 1.54) is 12.1 Å². The van der Waals surface area contributed by atoms with Gasteiger partial charge in [0.05, 0.1) is 6.61 Å². The first kappa shape index (κ1) is 14.9.